The normalized spacial score (nSPS) is 12.6. The number of benzene rings is 3. The molecule has 34 heavy (non-hydrogen) atoms. The Labute approximate surface area is 193 Å². The van der Waals surface area contributed by atoms with Crippen molar-refractivity contribution in [1.29, 1.82) is 0 Å². The van der Waals surface area contributed by atoms with Crippen LogP contribution in [-0.2, 0) is 21.0 Å². The van der Waals surface area contributed by atoms with Crippen LogP contribution >= 0.6 is 0 Å². The molecular weight excluding hydrogens is 476 g/mol. The van der Waals surface area contributed by atoms with Crippen LogP contribution in [0.25, 0.3) is 0 Å². The van der Waals surface area contributed by atoms with E-state index >= 15 is 0 Å². The van der Waals surface area contributed by atoms with Crippen molar-refractivity contribution in [3.8, 4) is 5.75 Å². The summed E-state index contributed by atoms with van der Waals surface area (Å²) in [7, 11) is -4.15. The minimum absolute atomic E-state index is 0.202. The molecule has 0 spiro atoms. The number of carbonyl (C=O) groups is 1. The van der Waals surface area contributed by atoms with Crippen LogP contribution in [0, 0.1) is 5.82 Å². The van der Waals surface area contributed by atoms with Crippen molar-refractivity contribution >= 4 is 21.6 Å². The van der Waals surface area contributed by atoms with Gasteiger partial charge in [0.15, 0.2) is 6.61 Å². The number of hydrogen-bond acceptors (Lipinski definition) is 4. The van der Waals surface area contributed by atoms with Gasteiger partial charge < -0.3 is 10.1 Å². The summed E-state index contributed by atoms with van der Waals surface area (Å²) in [6, 6.07) is 14.1. The summed E-state index contributed by atoms with van der Waals surface area (Å²) < 4.78 is 84.0. The van der Waals surface area contributed by atoms with E-state index in [2.05, 4.69) is 10.0 Å². The number of amides is 1. The predicted molar refractivity (Wildman–Crippen MR) is 117 cm³/mol. The SMILES string of the molecule is C[C@@H](NC(=O)COc1ccc(S(=O)(=O)Nc2cccc(C(F)(F)F)c2)cc1)c1ccc(F)cc1. The molecule has 0 saturated heterocycles. The van der Waals surface area contributed by atoms with E-state index in [-0.39, 0.29) is 34.8 Å². The highest BCUT2D eigenvalue weighted by molar-refractivity contribution is 7.92. The topological polar surface area (TPSA) is 84.5 Å². The van der Waals surface area contributed by atoms with Crippen LogP contribution in [0.2, 0.25) is 0 Å². The van der Waals surface area contributed by atoms with E-state index < -0.39 is 27.7 Å². The highest BCUT2D eigenvalue weighted by Gasteiger charge is 2.30. The summed E-state index contributed by atoms with van der Waals surface area (Å²) in [5, 5.41) is 2.69. The molecule has 1 atom stereocenters. The number of alkyl halides is 3. The number of anilines is 1. The van der Waals surface area contributed by atoms with Crippen LogP contribution in [0.4, 0.5) is 23.2 Å². The Kier molecular flexibility index (Phi) is 7.45. The zero-order valence-electron chi connectivity index (χ0n) is 17.8. The van der Waals surface area contributed by atoms with Crippen LogP contribution in [-0.4, -0.2) is 20.9 Å². The number of hydrogen-bond donors (Lipinski definition) is 2. The van der Waals surface area contributed by atoms with E-state index in [1.165, 1.54) is 42.5 Å². The van der Waals surface area contributed by atoms with Crippen LogP contribution in [0.1, 0.15) is 24.1 Å². The largest absolute Gasteiger partial charge is 0.484 e. The van der Waals surface area contributed by atoms with Gasteiger partial charge in [0.25, 0.3) is 15.9 Å². The Hall–Kier alpha value is -3.60. The fraction of sp³-hybridized carbons (Fsp3) is 0.174. The minimum Gasteiger partial charge on any atom is -0.484 e. The van der Waals surface area contributed by atoms with Crippen LogP contribution in [0.3, 0.4) is 0 Å². The van der Waals surface area contributed by atoms with E-state index in [1.807, 2.05) is 0 Å². The van der Waals surface area contributed by atoms with Gasteiger partial charge in [-0.3, -0.25) is 9.52 Å². The second kappa shape index (κ2) is 10.1. The quantitative estimate of drug-likeness (QED) is 0.435. The third-order valence-electron chi connectivity index (χ3n) is 4.69. The average Bonchev–Trinajstić information content (AvgIpc) is 2.78. The van der Waals surface area contributed by atoms with Gasteiger partial charge in [-0.15, -0.1) is 0 Å². The first kappa shape index (κ1) is 25.0. The Balaban J connectivity index is 1.58. The number of halogens is 4. The molecule has 0 bridgehead atoms. The maximum Gasteiger partial charge on any atom is 0.416 e. The van der Waals surface area contributed by atoms with Gasteiger partial charge in [0.1, 0.15) is 11.6 Å². The maximum absolute atomic E-state index is 13.0. The molecule has 3 aromatic rings. The van der Waals surface area contributed by atoms with Gasteiger partial charge in [0.2, 0.25) is 0 Å². The molecule has 0 saturated carbocycles. The third-order valence-corrected chi connectivity index (χ3v) is 6.09. The van der Waals surface area contributed by atoms with Crippen molar-refractivity contribution in [1.82, 2.24) is 5.32 Å². The van der Waals surface area contributed by atoms with Crippen molar-refractivity contribution in [2.45, 2.75) is 24.0 Å². The first-order chi connectivity index (χ1) is 15.9. The number of carbonyl (C=O) groups excluding carboxylic acids is 1. The molecule has 0 heterocycles. The van der Waals surface area contributed by atoms with E-state index in [0.29, 0.717) is 11.6 Å². The van der Waals surface area contributed by atoms with Gasteiger partial charge in [0.05, 0.1) is 16.5 Å². The van der Waals surface area contributed by atoms with Crippen molar-refractivity contribution in [2.24, 2.45) is 0 Å². The molecular formula is C23H20F4N2O4S. The standard InChI is InChI=1S/C23H20F4N2O4S/c1-15(16-5-7-18(24)8-6-16)28-22(30)14-33-20-9-11-21(12-10-20)34(31,32)29-19-4-2-3-17(13-19)23(25,26)27/h2-13,15,29H,14H2,1H3,(H,28,30)/t15-/m1/s1. The highest BCUT2D eigenvalue weighted by atomic mass is 32.2. The molecule has 0 fully saturated rings. The molecule has 6 nitrogen and oxygen atoms in total. The minimum atomic E-state index is -4.61. The number of nitrogens with one attached hydrogen (secondary N) is 2. The van der Waals surface area contributed by atoms with Crippen molar-refractivity contribution < 1.29 is 35.5 Å². The Morgan fingerprint density at radius 1 is 1.00 bits per heavy atom. The molecule has 180 valence electrons. The van der Waals surface area contributed by atoms with Gasteiger partial charge in [-0.25, -0.2) is 12.8 Å². The molecule has 0 aromatic heterocycles. The van der Waals surface area contributed by atoms with E-state index in [1.54, 1.807) is 19.1 Å². The van der Waals surface area contributed by atoms with Crippen molar-refractivity contribution in [3.05, 3.63) is 89.7 Å². The van der Waals surface area contributed by atoms with E-state index in [0.717, 1.165) is 12.1 Å². The smallest absolute Gasteiger partial charge is 0.416 e. The summed E-state index contributed by atoms with van der Waals surface area (Å²) in [5.74, 6) is -0.622. The van der Waals surface area contributed by atoms with Gasteiger partial charge in [-0.2, -0.15) is 13.2 Å². The number of sulfonamides is 1. The summed E-state index contributed by atoms with van der Waals surface area (Å²) in [6.45, 7) is 1.38. The Bertz CT molecular complexity index is 1250. The first-order valence-electron chi connectivity index (χ1n) is 9.92. The second-order valence-electron chi connectivity index (χ2n) is 7.28. The molecule has 11 heteroatoms. The molecule has 3 aromatic carbocycles. The number of ether oxygens (including phenoxy) is 1. The van der Waals surface area contributed by atoms with Crippen molar-refractivity contribution in [2.75, 3.05) is 11.3 Å². The zero-order valence-corrected chi connectivity index (χ0v) is 18.6. The molecule has 1 amide bonds. The molecule has 0 aliphatic heterocycles. The van der Waals surface area contributed by atoms with E-state index in [4.69, 9.17) is 4.74 Å². The molecule has 2 N–H and O–H groups in total. The zero-order chi connectivity index (χ0) is 24.9. The fourth-order valence-corrected chi connectivity index (χ4v) is 4.00. The van der Waals surface area contributed by atoms with Crippen LogP contribution in [0.5, 0.6) is 5.75 Å². The second-order valence-corrected chi connectivity index (χ2v) is 8.97. The maximum atomic E-state index is 13.0. The van der Waals surface area contributed by atoms with Crippen LogP contribution < -0.4 is 14.8 Å². The number of rotatable bonds is 8. The lowest BCUT2D eigenvalue weighted by Gasteiger charge is -2.15. The molecule has 0 aliphatic carbocycles. The molecule has 3 rings (SSSR count). The molecule has 0 aliphatic rings. The van der Waals surface area contributed by atoms with Gasteiger partial charge in [-0.1, -0.05) is 18.2 Å². The average molecular weight is 496 g/mol. The highest BCUT2D eigenvalue weighted by Crippen LogP contribution is 2.31. The van der Waals surface area contributed by atoms with Crippen molar-refractivity contribution in [3.63, 3.8) is 0 Å². The first-order valence-corrected chi connectivity index (χ1v) is 11.4. The lowest BCUT2D eigenvalue weighted by atomic mass is 10.1. The molecule has 0 unspecified atom stereocenters. The Morgan fingerprint density at radius 2 is 1.65 bits per heavy atom. The predicted octanol–water partition coefficient (Wildman–Crippen LogP) is 4.90. The third kappa shape index (κ3) is 6.70. The molecule has 0 radical (unpaired) electrons. The lowest BCUT2D eigenvalue weighted by molar-refractivity contribution is -0.137. The Morgan fingerprint density at radius 3 is 2.26 bits per heavy atom. The van der Waals surface area contributed by atoms with Gasteiger partial charge in [0, 0.05) is 5.69 Å². The van der Waals surface area contributed by atoms with Gasteiger partial charge >= 0.3 is 6.18 Å². The summed E-state index contributed by atoms with van der Waals surface area (Å²) in [5.41, 5.74) is -0.511. The van der Waals surface area contributed by atoms with E-state index in [9.17, 15) is 30.8 Å². The van der Waals surface area contributed by atoms with Gasteiger partial charge in [-0.05, 0) is 67.1 Å². The lowest BCUT2D eigenvalue weighted by Crippen LogP contribution is -2.31. The summed E-state index contributed by atoms with van der Waals surface area (Å²) >= 11 is 0. The summed E-state index contributed by atoms with van der Waals surface area (Å²) in [6.07, 6.45) is -4.61. The van der Waals surface area contributed by atoms with Crippen LogP contribution in [0.15, 0.2) is 77.7 Å². The summed E-state index contributed by atoms with van der Waals surface area (Å²) in [4.78, 5) is 11.9. The monoisotopic (exact) mass is 496 g/mol. The fourth-order valence-electron chi connectivity index (χ4n) is 2.95.